The maximum Gasteiger partial charge on any atom is 0.229 e. The van der Waals surface area contributed by atoms with Crippen LogP contribution in [0.15, 0.2) is 18.2 Å². The fourth-order valence-corrected chi connectivity index (χ4v) is 2.19. The highest BCUT2D eigenvalue weighted by Gasteiger charge is 2.29. The number of hydrogen-bond acceptors (Lipinski definition) is 2. The molecule has 0 aromatic heterocycles. The number of carbonyl (C=O) groups excluding carboxylic acids is 1. The summed E-state index contributed by atoms with van der Waals surface area (Å²) in [6.45, 7) is 3.54. The van der Waals surface area contributed by atoms with Crippen LogP contribution >= 0.6 is 11.6 Å². The number of nitrogens with one attached hydrogen (secondary N) is 2. The standard InChI is InChI=1S/C12H14ClFN2O/c1-7-5-15-6-9(7)12(17)16-11-3-2-8(14)4-10(11)13/h2-4,7,9,15H,5-6H2,1H3,(H,16,17). The highest BCUT2D eigenvalue weighted by molar-refractivity contribution is 6.33. The Morgan fingerprint density at radius 1 is 1.53 bits per heavy atom. The molecule has 0 aliphatic carbocycles. The Hall–Kier alpha value is -1.13. The van der Waals surface area contributed by atoms with Crippen LogP contribution in [0.25, 0.3) is 0 Å². The van der Waals surface area contributed by atoms with Gasteiger partial charge in [-0.2, -0.15) is 0 Å². The number of hydrogen-bond donors (Lipinski definition) is 2. The van der Waals surface area contributed by atoms with Gasteiger partial charge in [-0.1, -0.05) is 18.5 Å². The molecule has 2 rings (SSSR count). The minimum absolute atomic E-state index is 0.0591. The van der Waals surface area contributed by atoms with E-state index in [4.69, 9.17) is 11.6 Å². The van der Waals surface area contributed by atoms with Gasteiger partial charge >= 0.3 is 0 Å². The molecule has 0 spiro atoms. The molecule has 0 radical (unpaired) electrons. The number of benzene rings is 1. The molecule has 1 aliphatic heterocycles. The third-order valence-electron chi connectivity index (χ3n) is 3.04. The van der Waals surface area contributed by atoms with Crippen LogP contribution < -0.4 is 10.6 Å². The van der Waals surface area contributed by atoms with Crippen molar-refractivity contribution in [2.24, 2.45) is 11.8 Å². The summed E-state index contributed by atoms with van der Waals surface area (Å²) in [5, 5.41) is 6.11. The maximum atomic E-state index is 12.8. The average molecular weight is 257 g/mol. The quantitative estimate of drug-likeness (QED) is 0.852. The van der Waals surface area contributed by atoms with E-state index in [1.54, 1.807) is 0 Å². The van der Waals surface area contributed by atoms with Crippen LogP contribution in [-0.2, 0) is 4.79 Å². The van der Waals surface area contributed by atoms with Crippen molar-refractivity contribution in [3.63, 3.8) is 0 Å². The molecule has 1 amide bonds. The second-order valence-corrected chi connectivity index (χ2v) is 4.76. The van der Waals surface area contributed by atoms with E-state index < -0.39 is 5.82 Å². The van der Waals surface area contributed by atoms with Crippen molar-refractivity contribution in [1.29, 1.82) is 0 Å². The average Bonchev–Trinajstić information content (AvgIpc) is 2.68. The van der Waals surface area contributed by atoms with Gasteiger partial charge in [-0.05, 0) is 30.7 Å². The van der Waals surface area contributed by atoms with Gasteiger partial charge in [0.05, 0.1) is 16.6 Å². The SMILES string of the molecule is CC1CNCC1C(=O)Nc1ccc(F)cc1Cl. The Bertz CT molecular complexity index is 439. The summed E-state index contributed by atoms with van der Waals surface area (Å²) < 4.78 is 12.8. The van der Waals surface area contributed by atoms with Gasteiger partial charge in [0, 0.05) is 6.54 Å². The molecule has 0 bridgehead atoms. The first-order chi connectivity index (χ1) is 8.08. The minimum Gasteiger partial charge on any atom is -0.324 e. The van der Waals surface area contributed by atoms with Gasteiger partial charge in [-0.15, -0.1) is 0 Å². The number of halogens is 2. The van der Waals surface area contributed by atoms with Crippen LogP contribution in [0.1, 0.15) is 6.92 Å². The van der Waals surface area contributed by atoms with Crippen LogP contribution in [0.3, 0.4) is 0 Å². The number of rotatable bonds is 2. The molecular formula is C12H14ClFN2O. The van der Waals surface area contributed by atoms with E-state index in [2.05, 4.69) is 10.6 Å². The fourth-order valence-electron chi connectivity index (χ4n) is 1.98. The summed E-state index contributed by atoms with van der Waals surface area (Å²) in [4.78, 5) is 12.0. The summed E-state index contributed by atoms with van der Waals surface area (Å²) in [5.74, 6) is -0.245. The Balaban J connectivity index is 2.07. The lowest BCUT2D eigenvalue weighted by molar-refractivity contribution is -0.120. The monoisotopic (exact) mass is 256 g/mol. The zero-order valence-electron chi connectivity index (χ0n) is 9.47. The summed E-state index contributed by atoms with van der Waals surface area (Å²) in [7, 11) is 0. The van der Waals surface area contributed by atoms with Crippen molar-refractivity contribution < 1.29 is 9.18 Å². The van der Waals surface area contributed by atoms with E-state index in [1.165, 1.54) is 18.2 Å². The van der Waals surface area contributed by atoms with Gasteiger partial charge in [0.15, 0.2) is 0 Å². The van der Waals surface area contributed by atoms with Crippen LogP contribution in [0.2, 0.25) is 5.02 Å². The van der Waals surface area contributed by atoms with Crippen LogP contribution in [0, 0.1) is 17.7 Å². The fraction of sp³-hybridized carbons (Fsp3) is 0.417. The van der Waals surface area contributed by atoms with Crippen molar-refractivity contribution in [3.05, 3.63) is 29.0 Å². The first-order valence-electron chi connectivity index (χ1n) is 5.54. The predicted octanol–water partition coefficient (Wildman–Crippen LogP) is 2.27. The van der Waals surface area contributed by atoms with Gasteiger partial charge in [0.2, 0.25) is 5.91 Å². The van der Waals surface area contributed by atoms with E-state index in [0.29, 0.717) is 18.2 Å². The van der Waals surface area contributed by atoms with E-state index >= 15 is 0 Å². The molecule has 17 heavy (non-hydrogen) atoms. The van der Waals surface area contributed by atoms with E-state index in [9.17, 15) is 9.18 Å². The minimum atomic E-state index is -0.413. The van der Waals surface area contributed by atoms with Gasteiger partial charge < -0.3 is 10.6 Å². The lowest BCUT2D eigenvalue weighted by Crippen LogP contribution is -2.27. The zero-order valence-corrected chi connectivity index (χ0v) is 10.2. The number of carbonyl (C=O) groups is 1. The molecule has 1 aromatic carbocycles. The molecule has 2 N–H and O–H groups in total. The van der Waals surface area contributed by atoms with Crippen molar-refractivity contribution >= 4 is 23.2 Å². The lowest BCUT2D eigenvalue weighted by Gasteiger charge is -2.14. The first kappa shape index (κ1) is 12.3. The molecule has 1 saturated heterocycles. The van der Waals surface area contributed by atoms with Gasteiger partial charge in [-0.25, -0.2) is 4.39 Å². The normalized spacial score (nSPS) is 23.7. The van der Waals surface area contributed by atoms with Gasteiger partial charge in [0.25, 0.3) is 0 Å². The smallest absolute Gasteiger partial charge is 0.229 e. The Labute approximate surface area is 104 Å². The Morgan fingerprint density at radius 2 is 2.29 bits per heavy atom. The van der Waals surface area contributed by atoms with Crippen LogP contribution in [0.4, 0.5) is 10.1 Å². The second kappa shape index (κ2) is 5.02. The predicted molar refractivity (Wildman–Crippen MR) is 65.6 cm³/mol. The molecular weight excluding hydrogens is 243 g/mol. The molecule has 2 unspecified atom stereocenters. The molecule has 2 atom stereocenters. The topological polar surface area (TPSA) is 41.1 Å². The van der Waals surface area contributed by atoms with Crippen molar-refractivity contribution in [2.75, 3.05) is 18.4 Å². The first-order valence-corrected chi connectivity index (χ1v) is 5.92. The van der Waals surface area contributed by atoms with Crippen molar-refractivity contribution in [2.45, 2.75) is 6.92 Å². The molecule has 92 valence electrons. The molecule has 1 heterocycles. The zero-order chi connectivity index (χ0) is 12.4. The summed E-state index contributed by atoms with van der Waals surface area (Å²) in [6.07, 6.45) is 0. The summed E-state index contributed by atoms with van der Waals surface area (Å²) in [6, 6.07) is 3.94. The molecule has 5 heteroatoms. The summed E-state index contributed by atoms with van der Waals surface area (Å²) in [5.41, 5.74) is 0.456. The number of anilines is 1. The number of amides is 1. The Morgan fingerprint density at radius 3 is 2.88 bits per heavy atom. The van der Waals surface area contributed by atoms with Gasteiger partial charge in [0.1, 0.15) is 5.82 Å². The second-order valence-electron chi connectivity index (χ2n) is 4.36. The molecule has 1 aliphatic rings. The van der Waals surface area contributed by atoms with E-state index in [-0.39, 0.29) is 16.8 Å². The highest BCUT2D eigenvalue weighted by atomic mass is 35.5. The Kier molecular flexibility index (Phi) is 3.64. The molecule has 3 nitrogen and oxygen atoms in total. The van der Waals surface area contributed by atoms with Crippen molar-refractivity contribution in [3.8, 4) is 0 Å². The lowest BCUT2D eigenvalue weighted by atomic mass is 9.97. The third kappa shape index (κ3) is 2.76. The molecule has 0 saturated carbocycles. The van der Waals surface area contributed by atoms with Gasteiger partial charge in [-0.3, -0.25) is 4.79 Å². The maximum absolute atomic E-state index is 12.8. The van der Waals surface area contributed by atoms with Crippen molar-refractivity contribution in [1.82, 2.24) is 5.32 Å². The van der Waals surface area contributed by atoms with Crippen LogP contribution in [0.5, 0.6) is 0 Å². The van der Waals surface area contributed by atoms with Crippen LogP contribution in [-0.4, -0.2) is 19.0 Å². The highest BCUT2D eigenvalue weighted by Crippen LogP contribution is 2.24. The largest absolute Gasteiger partial charge is 0.324 e. The van der Waals surface area contributed by atoms with E-state index in [0.717, 1.165) is 6.54 Å². The summed E-state index contributed by atoms with van der Waals surface area (Å²) >= 11 is 5.85. The molecule has 1 fully saturated rings. The third-order valence-corrected chi connectivity index (χ3v) is 3.36. The molecule has 1 aromatic rings. The van der Waals surface area contributed by atoms with E-state index in [1.807, 2.05) is 6.92 Å².